The summed E-state index contributed by atoms with van der Waals surface area (Å²) >= 11 is 0. The van der Waals surface area contributed by atoms with Crippen LogP contribution in [0.3, 0.4) is 0 Å². The maximum absolute atomic E-state index is 11.0. The van der Waals surface area contributed by atoms with Gasteiger partial charge in [0.2, 0.25) is 0 Å². The molecular weight excluding hydrogens is 260 g/mol. The minimum atomic E-state index is -1.14. The molecule has 1 aliphatic rings. The Bertz CT molecular complexity index is 363. The SMILES string of the molecule is O=C(O)CN(CCN1CC(=O)OC(=O)C1)CC(=O)O. The third-order valence-electron chi connectivity index (χ3n) is 2.38. The first-order valence-corrected chi connectivity index (χ1v) is 5.48. The van der Waals surface area contributed by atoms with E-state index in [1.165, 1.54) is 9.80 Å². The van der Waals surface area contributed by atoms with Crippen LogP contribution in [-0.2, 0) is 23.9 Å². The fraction of sp³-hybridized carbons (Fsp3) is 0.600. The summed E-state index contributed by atoms with van der Waals surface area (Å²) in [6, 6.07) is 0. The number of aliphatic carboxylic acids is 2. The predicted octanol–water partition coefficient (Wildman–Crippen LogP) is -2.16. The Kier molecular flexibility index (Phi) is 5.39. The van der Waals surface area contributed by atoms with Crippen molar-refractivity contribution in [3.63, 3.8) is 0 Å². The summed E-state index contributed by atoms with van der Waals surface area (Å²) in [5, 5.41) is 17.3. The molecule has 1 rings (SSSR count). The number of ether oxygens (including phenoxy) is 1. The van der Waals surface area contributed by atoms with Crippen LogP contribution in [0, 0.1) is 0 Å². The Labute approximate surface area is 108 Å². The summed E-state index contributed by atoms with van der Waals surface area (Å²) in [5.74, 6) is -3.62. The van der Waals surface area contributed by atoms with Gasteiger partial charge in [-0.2, -0.15) is 0 Å². The average Bonchev–Trinajstić information content (AvgIpc) is 2.23. The zero-order chi connectivity index (χ0) is 14.4. The summed E-state index contributed by atoms with van der Waals surface area (Å²) in [5.41, 5.74) is 0. The number of hydrogen-bond acceptors (Lipinski definition) is 7. The standard InChI is InChI=1S/C10H14N2O7/c13-7(14)3-11(4-8(15)16)1-2-12-5-9(17)19-10(18)6-12/h1-6H2,(H,13,14)(H,15,16). The molecule has 1 fully saturated rings. The van der Waals surface area contributed by atoms with Crippen LogP contribution in [0.1, 0.15) is 0 Å². The Hall–Kier alpha value is -2.00. The van der Waals surface area contributed by atoms with Crippen LogP contribution in [0.4, 0.5) is 0 Å². The van der Waals surface area contributed by atoms with Gasteiger partial charge in [0.25, 0.3) is 0 Å². The Morgan fingerprint density at radius 3 is 2.00 bits per heavy atom. The molecule has 9 heteroatoms. The molecule has 2 N–H and O–H groups in total. The molecule has 0 aromatic rings. The second-order valence-corrected chi connectivity index (χ2v) is 4.05. The van der Waals surface area contributed by atoms with Crippen molar-refractivity contribution in [3.8, 4) is 0 Å². The second-order valence-electron chi connectivity index (χ2n) is 4.05. The number of carbonyl (C=O) groups excluding carboxylic acids is 2. The van der Waals surface area contributed by atoms with Gasteiger partial charge in [0.1, 0.15) is 0 Å². The van der Waals surface area contributed by atoms with Gasteiger partial charge in [-0.3, -0.25) is 29.0 Å². The highest BCUT2D eigenvalue weighted by atomic mass is 16.6. The summed E-state index contributed by atoms with van der Waals surface area (Å²) < 4.78 is 4.33. The van der Waals surface area contributed by atoms with E-state index in [2.05, 4.69) is 4.74 Å². The molecular formula is C10H14N2O7. The molecule has 106 valence electrons. The van der Waals surface area contributed by atoms with Crippen molar-refractivity contribution in [2.75, 3.05) is 39.3 Å². The van der Waals surface area contributed by atoms with Gasteiger partial charge in [-0.25, -0.2) is 0 Å². The summed E-state index contributed by atoms with van der Waals surface area (Å²) in [6.07, 6.45) is 0. The molecule has 0 saturated carbocycles. The van der Waals surface area contributed by atoms with Crippen molar-refractivity contribution >= 4 is 23.9 Å². The molecule has 0 unspecified atom stereocenters. The van der Waals surface area contributed by atoms with Crippen molar-refractivity contribution in [1.29, 1.82) is 0 Å². The minimum Gasteiger partial charge on any atom is -0.480 e. The zero-order valence-electron chi connectivity index (χ0n) is 10.1. The lowest BCUT2D eigenvalue weighted by Gasteiger charge is -2.26. The fourth-order valence-corrected chi connectivity index (χ4v) is 1.65. The van der Waals surface area contributed by atoms with Crippen LogP contribution in [0.2, 0.25) is 0 Å². The number of cyclic esters (lactones) is 2. The monoisotopic (exact) mass is 274 g/mol. The molecule has 0 aliphatic carbocycles. The number of rotatable bonds is 7. The van der Waals surface area contributed by atoms with E-state index in [4.69, 9.17) is 10.2 Å². The molecule has 1 heterocycles. The number of carboxylic acids is 2. The van der Waals surface area contributed by atoms with Crippen molar-refractivity contribution in [2.24, 2.45) is 0 Å². The van der Waals surface area contributed by atoms with Crippen LogP contribution in [0.5, 0.6) is 0 Å². The number of morpholine rings is 1. The first kappa shape index (κ1) is 15.1. The Balaban J connectivity index is 2.45. The molecule has 1 aliphatic heterocycles. The van der Waals surface area contributed by atoms with E-state index in [1.54, 1.807) is 0 Å². The Morgan fingerprint density at radius 1 is 1.11 bits per heavy atom. The lowest BCUT2D eigenvalue weighted by Crippen LogP contribution is -2.47. The molecule has 0 aromatic carbocycles. The highest BCUT2D eigenvalue weighted by Gasteiger charge is 2.25. The van der Waals surface area contributed by atoms with Gasteiger partial charge >= 0.3 is 23.9 Å². The first-order valence-electron chi connectivity index (χ1n) is 5.48. The average molecular weight is 274 g/mol. The quantitative estimate of drug-likeness (QED) is 0.394. The van der Waals surface area contributed by atoms with Gasteiger partial charge in [0.15, 0.2) is 0 Å². The van der Waals surface area contributed by atoms with Gasteiger partial charge < -0.3 is 14.9 Å². The smallest absolute Gasteiger partial charge is 0.327 e. The molecule has 1 saturated heterocycles. The molecule has 9 nitrogen and oxygen atoms in total. The van der Waals surface area contributed by atoms with E-state index in [0.29, 0.717) is 0 Å². The first-order chi connectivity index (χ1) is 8.86. The number of hydrogen-bond donors (Lipinski definition) is 2. The number of carbonyl (C=O) groups is 4. The number of nitrogens with zero attached hydrogens (tertiary/aromatic N) is 2. The van der Waals surface area contributed by atoms with Crippen LogP contribution >= 0.6 is 0 Å². The van der Waals surface area contributed by atoms with Crippen LogP contribution in [0.15, 0.2) is 0 Å². The molecule has 19 heavy (non-hydrogen) atoms. The molecule has 0 bridgehead atoms. The fourth-order valence-electron chi connectivity index (χ4n) is 1.65. The number of esters is 2. The van der Waals surface area contributed by atoms with Gasteiger partial charge in [-0.1, -0.05) is 0 Å². The lowest BCUT2D eigenvalue weighted by atomic mass is 10.3. The minimum absolute atomic E-state index is 0.0697. The molecule has 0 spiro atoms. The van der Waals surface area contributed by atoms with E-state index in [1.807, 2.05) is 0 Å². The maximum atomic E-state index is 11.0. The van der Waals surface area contributed by atoms with Crippen molar-refractivity contribution < 1.29 is 34.1 Å². The van der Waals surface area contributed by atoms with Crippen molar-refractivity contribution in [3.05, 3.63) is 0 Å². The summed E-state index contributed by atoms with van der Waals surface area (Å²) in [4.78, 5) is 45.8. The van der Waals surface area contributed by atoms with Crippen molar-refractivity contribution in [1.82, 2.24) is 9.80 Å². The molecule has 0 aromatic heterocycles. The van der Waals surface area contributed by atoms with E-state index in [9.17, 15) is 19.2 Å². The van der Waals surface area contributed by atoms with Crippen molar-refractivity contribution in [2.45, 2.75) is 0 Å². The topological polar surface area (TPSA) is 124 Å². The molecule has 0 atom stereocenters. The highest BCUT2D eigenvalue weighted by molar-refractivity contribution is 5.90. The molecule has 0 amide bonds. The summed E-state index contributed by atoms with van der Waals surface area (Å²) in [7, 11) is 0. The normalized spacial score (nSPS) is 16.5. The Morgan fingerprint density at radius 2 is 1.58 bits per heavy atom. The predicted molar refractivity (Wildman–Crippen MR) is 59.3 cm³/mol. The maximum Gasteiger partial charge on any atom is 0.327 e. The summed E-state index contributed by atoms with van der Waals surface area (Å²) in [6.45, 7) is -0.642. The van der Waals surface area contributed by atoms with E-state index < -0.39 is 37.0 Å². The van der Waals surface area contributed by atoms with Gasteiger partial charge in [-0.15, -0.1) is 0 Å². The van der Waals surface area contributed by atoms with E-state index in [0.717, 1.165) is 0 Å². The number of carboxylic acid groups (broad SMARTS) is 2. The molecule has 0 radical (unpaired) electrons. The third-order valence-corrected chi connectivity index (χ3v) is 2.38. The van der Waals surface area contributed by atoms with Crippen LogP contribution in [-0.4, -0.2) is 83.2 Å². The largest absolute Gasteiger partial charge is 0.480 e. The lowest BCUT2D eigenvalue weighted by molar-refractivity contribution is -0.167. The van der Waals surface area contributed by atoms with Crippen LogP contribution < -0.4 is 0 Å². The third kappa shape index (κ3) is 5.93. The van der Waals surface area contributed by atoms with Gasteiger partial charge in [0, 0.05) is 13.1 Å². The van der Waals surface area contributed by atoms with E-state index >= 15 is 0 Å². The second kappa shape index (κ2) is 6.81. The zero-order valence-corrected chi connectivity index (χ0v) is 10.1. The van der Waals surface area contributed by atoms with E-state index in [-0.39, 0.29) is 26.2 Å². The highest BCUT2D eigenvalue weighted by Crippen LogP contribution is 2.00. The van der Waals surface area contributed by atoms with Crippen LogP contribution in [0.25, 0.3) is 0 Å². The van der Waals surface area contributed by atoms with Gasteiger partial charge in [0.05, 0.1) is 26.2 Å². The van der Waals surface area contributed by atoms with Gasteiger partial charge in [-0.05, 0) is 0 Å².